The molecule has 6 nitrogen and oxygen atoms in total. The number of esters is 1. The molecule has 0 spiro atoms. The van der Waals surface area contributed by atoms with Crippen LogP contribution in [0.1, 0.15) is 44.9 Å². The fraction of sp³-hybridized carbons (Fsp3) is 0.667. The van der Waals surface area contributed by atoms with Gasteiger partial charge in [-0.1, -0.05) is 0 Å². The third kappa shape index (κ3) is 4.34. The van der Waals surface area contributed by atoms with E-state index in [4.69, 9.17) is 9.47 Å². The first-order chi connectivity index (χ1) is 14.6. The SMILES string of the molecule is O=C(COC(=O)CC12CC3CC(CC(C3)C1)C2)Nc1ccc(N2CCOCC2)cc1. The number of amides is 1. The van der Waals surface area contributed by atoms with Crippen LogP contribution in [-0.4, -0.2) is 44.8 Å². The Kier molecular flexibility index (Phi) is 5.44. The van der Waals surface area contributed by atoms with Gasteiger partial charge in [-0.25, -0.2) is 0 Å². The summed E-state index contributed by atoms with van der Waals surface area (Å²) in [6, 6.07) is 7.78. The molecule has 4 bridgehead atoms. The van der Waals surface area contributed by atoms with Crippen molar-refractivity contribution >= 4 is 23.3 Å². The van der Waals surface area contributed by atoms with Gasteiger partial charge in [0.05, 0.1) is 19.6 Å². The van der Waals surface area contributed by atoms with Crippen LogP contribution in [0, 0.1) is 23.2 Å². The summed E-state index contributed by atoms with van der Waals surface area (Å²) in [5.74, 6) is 1.94. The number of rotatable bonds is 6. The van der Waals surface area contributed by atoms with Gasteiger partial charge in [0.1, 0.15) is 0 Å². The first-order valence-corrected chi connectivity index (χ1v) is 11.5. The lowest BCUT2D eigenvalue weighted by molar-refractivity contribution is -0.154. The maximum Gasteiger partial charge on any atom is 0.306 e. The fourth-order valence-electron chi connectivity index (χ4n) is 6.78. The number of benzene rings is 1. The van der Waals surface area contributed by atoms with E-state index in [9.17, 15) is 9.59 Å². The Morgan fingerprint density at radius 2 is 1.60 bits per heavy atom. The average molecular weight is 413 g/mol. The quantitative estimate of drug-likeness (QED) is 0.723. The zero-order chi connectivity index (χ0) is 20.6. The Morgan fingerprint density at radius 1 is 1.00 bits per heavy atom. The van der Waals surface area contributed by atoms with E-state index in [0.29, 0.717) is 12.1 Å². The van der Waals surface area contributed by atoms with Gasteiger partial charge in [-0.3, -0.25) is 9.59 Å². The Labute approximate surface area is 178 Å². The van der Waals surface area contributed by atoms with Crippen LogP contribution in [0.5, 0.6) is 0 Å². The van der Waals surface area contributed by atoms with Crippen LogP contribution in [0.25, 0.3) is 0 Å². The molecule has 1 heterocycles. The van der Waals surface area contributed by atoms with E-state index in [2.05, 4.69) is 10.2 Å². The van der Waals surface area contributed by atoms with Gasteiger partial charge in [-0.2, -0.15) is 0 Å². The van der Waals surface area contributed by atoms with E-state index in [1.54, 1.807) is 0 Å². The molecule has 5 aliphatic rings. The van der Waals surface area contributed by atoms with Crippen LogP contribution in [0.2, 0.25) is 0 Å². The molecule has 0 unspecified atom stereocenters. The Hall–Kier alpha value is -2.08. The lowest BCUT2D eigenvalue weighted by Gasteiger charge is -2.56. The standard InChI is InChI=1S/C24H32N2O4/c27-22(25-20-1-3-21(4-2-20)26-5-7-29-8-6-26)16-30-23(28)15-24-12-17-9-18(13-24)11-19(10-17)14-24/h1-4,17-19H,5-16H2,(H,25,27). The van der Waals surface area contributed by atoms with Crippen molar-refractivity contribution in [3.63, 3.8) is 0 Å². The van der Waals surface area contributed by atoms with Crippen molar-refractivity contribution in [1.82, 2.24) is 0 Å². The van der Waals surface area contributed by atoms with Crippen molar-refractivity contribution in [3.8, 4) is 0 Å². The number of carbonyl (C=O) groups is 2. The molecule has 1 saturated heterocycles. The van der Waals surface area contributed by atoms with Crippen molar-refractivity contribution < 1.29 is 19.1 Å². The minimum atomic E-state index is -0.284. The maximum atomic E-state index is 12.5. The summed E-state index contributed by atoms with van der Waals surface area (Å²) in [5, 5.41) is 2.83. The predicted octanol–water partition coefficient (Wildman–Crippen LogP) is 3.61. The molecule has 0 radical (unpaired) electrons. The van der Waals surface area contributed by atoms with Crippen LogP contribution < -0.4 is 10.2 Å². The summed E-state index contributed by atoms with van der Waals surface area (Å²) in [6.45, 7) is 3.04. The van der Waals surface area contributed by atoms with Gasteiger partial charge in [0, 0.05) is 24.5 Å². The molecule has 4 aliphatic carbocycles. The topological polar surface area (TPSA) is 67.9 Å². The van der Waals surface area contributed by atoms with Crippen molar-refractivity contribution in [3.05, 3.63) is 24.3 Å². The molecule has 1 aromatic carbocycles. The predicted molar refractivity (Wildman–Crippen MR) is 114 cm³/mol. The summed E-state index contributed by atoms with van der Waals surface area (Å²) in [4.78, 5) is 27.0. The second-order valence-electron chi connectivity index (χ2n) is 9.95. The first kappa shape index (κ1) is 19.9. The highest BCUT2D eigenvalue weighted by Crippen LogP contribution is 2.61. The average Bonchev–Trinajstić information content (AvgIpc) is 2.72. The molecule has 6 heteroatoms. The van der Waals surface area contributed by atoms with Crippen LogP contribution >= 0.6 is 0 Å². The van der Waals surface area contributed by atoms with Gasteiger partial charge >= 0.3 is 5.97 Å². The lowest BCUT2D eigenvalue weighted by atomic mass is 9.49. The van der Waals surface area contributed by atoms with Gasteiger partial charge in [-0.05, 0) is 86.0 Å². The minimum absolute atomic E-state index is 0.150. The number of hydrogen-bond acceptors (Lipinski definition) is 5. The van der Waals surface area contributed by atoms with Gasteiger partial charge in [-0.15, -0.1) is 0 Å². The first-order valence-electron chi connectivity index (χ1n) is 11.5. The van der Waals surface area contributed by atoms with Crippen molar-refractivity contribution in [2.24, 2.45) is 23.2 Å². The monoisotopic (exact) mass is 412 g/mol. The second kappa shape index (κ2) is 8.22. The zero-order valence-electron chi connectivity index (χ0n) is 17.6. The minimum Gasteiger partial charge on any atom is -0.456 e. The molecular formula is C24H32N2O4. The van der Waals surface area contributed by atoms with Gasteiger partial charge < -0.3 is 19.7 Å². The van der Waals surface area contributed by atoms with E-state index in [1.807, 2.05) is 24.3 Å². The molecular weight excluding hydrogens is 380 g/mol. The van der Waals surface area contributed by atoms with Gasteiger partial charge in [0.25, 0.3) is 5.91 Å². The Morgan fingerprint density at radius 3 is 2.20 bits per heavy atom. The largest absolute Gasteiger partial charge is 0.456 e. The molecule has 1 N–H and O–H groups in total. The van der Waals surface area contributed by atoms with Crippen LogP contribution in [0.4, 0.5) is 11.4 Å². The molecule has 0 aromatic heterocycles. The number of carbonyl (C=O) groups excluding carboxylic acids is 2. The second-order valence-corrected chi connectivity index (χ2v) is 9.95. The maximum absolute atomic E-state index is 12.5. The number of anilines is 2. The van der Waals surface area contributed by atoms with E-state index in [1.165, 1.54) is 38.5 Å². The molecule has 30 heavy (non-hydrogen) atoms. The van der Waals surface area contributed by atoms with Crippen LogP contribution in [0.15, 0.2) is 24.3 Å². The fourth-order valence-corrected chi connectivity index (χ4v) is 6.78. The molecule has 6 rings (SSSR count). The Bertz CT molecular complexity index is 750. The van der Waals surface area contributed by atoms with E-state index < -0.39 is 0 Å². The smallest absolute Gasteiger partial charge is 0.306 e. The molecule has 0 atom stereocenters. The van der Waals surface area contributed by atoms with Gasteiger partial charge in [0.15, 0.2) is 6.61 Å². The van der Waals surface area contributed by atoms with E-state index in [0.717, 1.165) is 49.7 Å². The molecule has 5 fully saturated rings. The van der Waals surface area contributed by atoms with Crippen LogP contribution in [0.3, 0.4) is 0 Å². The lowest BCUT2D eigenvalue weighted by Crippen LogP contribution is -2.47. The molecule has 4 saturated carbocycles. The normalized spacial score (nSPS) is 32.1. The number of ether oxygens (including phenoxy) is 2. The van der Waals surface area contributed by atoms with E-state index in [-0.39, 0.29) is 23.9 Å². The van der Waals surface area contributed by atoms with Crippen molar-refractivity contribution in [2.45, 2.75) is 44.9 Å². The highest BCUT2D eigenvalue weighted by molar-refractivity contribution is 5.93. The molecule has 1 amide bonds. The molecule has 1 aliphatic heterocycles. The van der Waals surface area contributed by atoms with Gasteiger partial charge in [0.2, 0.25) is 0 Å². The summed E-state index contributed by atoms with van der Waals surface area (Å²) in [5.41, 5.74) is 1.99. The third-order valence-electron chi connectivity index (χ3n) is 7.58. The van der Waals surface area contributed by atoms with Crippen molar-refractivity contribution in [1.29, 1.82) is 0 Å². The zero-order valence-corrected chi connectivity index (χ0v) is 17.6. The van der Waals surface area contributed by atoms with Crippen molar-refractivity contribution in [2.75, 3.05) is 43.1 Å². The highest BCUT2D eigenvalue weighted by Gasteiger charge is 2.51. The number of hydrogen-bond donors (Lipinski definition) is 1. The third-order valence-corrected chi connectivity index (χ3v) is 7.58. The highest BCUT2D eigenvalue weighted by atomic mass is 16.5. The number of nitrogens with one attached hydrogen (secondary N) is 1. The molecule has 162 valence electrons. The Balaban J connectivity index is 1.08. The molecule has 1 aromatic rings. The summed E-state index contributed by atoms with van der Waals surface area (Å²) in [6.07, 6.45) is 8.10. The number of morpholine rings is 1. The summed E-state index contributed by atoms with van der Waals surface area (Å²) >= 11 is 0. The van der Waals surface area contributed by atoms with E-state index >= 15 is 0 Å². The summed E-state index contributed by atoms with van der Waals surface area (Å²) < 4.78 is 10.7. The van der Waals surface area contributed by atoms with Crippen LogP contribution in [-0.2, 0) is 19.1 Å². The number of nitrogens with zero attached hydrogens (tertiary/aromatic N) is 1. The summed E-state index contributed by atoms with van der Waals surface area (Å²) in [7, 11) is 0.